The maximum atomic E-state index is 13.5. The van der Waals surface area contributed by atoms with E-state index in [-0.39, 0.29) is 42.3 Å². The van der Waals surface area contributed by atoms with Gasteiger partial charge in [-0.1, -0.05) is 60.7 Å². The van der Waals surface area contributed by atoms with Crippen LogP contribution in [0.3, 0.4) is 0 Å². The number of hydrogen-bond acceptors (Lipinski definition) is 4. The van der Waals surface area contributed by atoms with E-state index in [2.05, 4.69) is 0 Å². The van der Waals surface area contributed by atoms with Crippen LogP contribution in [-0.4, -0.2) is 36.8 Å². The number of carbonyl (C=O) groups excluding carboxylic acids is 1. The topological polar surface area (TPSA) is 67.6 Å². The van der Waals surface area contributed by atoms with E-state index in [1.165, 1.54) is 0 Å². The van der Waals surface area contributed by atoms with Crippen LogP contribution < -0.4 is 0 Å². The number of carbonyl (C=O) groups is 1. The Morgan fingerprint density at radius 2 is 1.60 bits per heavy atom. The lowest BCUT2D eigenvalue weighted by Crippen LogP contribution is -2.41. The van der Waals surface area contributed by atoms with Crippen LogP contribution in [0.1, 0.15) is 35.6 Å². The number of hydrogen-bond donors (Lipinski definition) is 0. The van der Waals surface area contributed by atoms with E-state index < -0.39 is 9.84 Å². The summed E-state index contributed by atoms with van der Waals surface area (Å²) >= 11 is 0. The van der Waals surface area contributed by atoms with Crippen molar-refractivity contribution < 1.29 is 17.6 Å². The highest BCUT2D eigenvalue weighted by Gasteiger charge is 2.36. The second-order valence-corrected chi connectivity index (χ2v) is 9.96. The van der Waals surface area contributed by atoms with Gasteiger partial charge in [0.25, 0.3) is 0 Å². The maximum absolute atomic E-state index is 13.5. The first kappa shape index (κ1) is 20.4. The largest absolute Gasteiger partial charge is 0.467 e. The molecule has 1 aromatic heterocycles. The van der Waals surface area contributed by atoms with E-state index in [0.29, 0.717) is 12.2 Å². The van der Waals surface area contributed by atoms with Crippen molar-refractivity contribution in [3.05, 3.63) is 95.9 Å². The Labute approximate surface area is 177 Å². The molecule has 0 bridgehead atoms. The van der Waals surface area contributed by atoms with E-state index in [1.54, 1.807) is 17.2 Å². The molecule has 2 heterocycles. The minimum atomic E-state index is -3.11. The molecule has 1 amide bonds. The molecule has 0 spiro atoms. The van der Waals surface area contributed by atoms with Crippen molar-refractivity contribution in [3.8, 4) is 0 Å². The fourth-order valence-electron chi connectivity index (χ4n) is 4.10. The summed E-state index contributed by atoms with van der Waals surface area (Å²) in [6.07, 6.45) is 2.31. The van der Waals surface area contributed by atoms with Crippen LogP contribution in [0.5, 0.6) is 0 Å². The normalized spacial score (nSPS) is 17.8. The molecule has 1 atom stereocenters. The average molecular weight is 424 g/mol. The Hall–Kier alpha value is -2.86. The lowest BCUT2D eigenvalue weighted by atomic mass is 9.88. The van der Waals surface area contributed by atoms with Crippen molar-refractivity contribution in [1.29, 1.82) is 0 Å². The first-order valence-corrected chi connectivity index (χ1v) is 12.0. The Morgan fingerprint density at radius 3 is 2.10 bits per heavy atom. The predicted octanol–water partition coefficient (Wildman–Crippen LogP) is 4.02. The van der Waals surface area contributed by atoms with Crippen LogP contribution in [0.4, 0.5) is 0 Å². The summed E-state index contributed by atoms with van der Waals surface area (Å²) in [5.74, 6) is 0.633. The second kappa shape index (κ2) is 8.88. The highest BCUT2D eigenvalue weighted by Crippen LogP contribution is 2.30. The zero-order chi connectivity index (χ0) is 21.0. The molecule has 1 fully saturated rings. The van der Waals surface area contributed by atoms with Gasteiger partial charge in [-0.2, -0.15) is 0 Å². The van der Waals surface area contributed by atoms with E-state index in [1.807, 2.05) is 66.7 Å². The molecular weight excluding hydrogens is 398 g/mol. The molecule has 0 radical (unpaired) electrons. The Morgan fingerprint density at radius 1 is 0.967 bits per heavy atom. The molecule has 30 heavy (non-hydrogen) atoms. The standard InChI is InChI=1S/C24H25NO4S/c26-24(16-23(19-8-3-1-4-9-19)20-10-5-2-6-11-20)25(17-22-12-7-14-29-22)21-13-15-30(27,28)18-21/h1-12,14,21,23H,13,15-18H2/t21-/m0/s1. The summed E-state index contributed by atoms with van der Waals surface area (Å²) in [5.41, 5.74) is 2.13. The number of sulfone groups is 1. The van der Waals surface area contributed by atoms with E-state index in [0.717, 1.165) is 11.1 Å². The van der Waals surface area contributed by atoms with E-state index in [4.69, 9.17) is 4.42 Å². The highest BCUT2D eigenvalue weighted by atomic mass is 32.2. The van der Waals surface area contributed by atoms with Crippen LogP contribution in [0.15, 0.2) is 83.5 Å². The van der Waals surface area contributed by atoms with Crippen molar-refractivity contribution >= 4 is 15.7 Å². The van der Waals surface area contributed by atoms with E-state index in [9.17, 15) is 13.2 Å². The monoisotopic (exact) mass is 423 g/mol. The van der Waals surface area contributed by atoms with E-state index >= 15 is 0 Å². The summed E-state index contributed by atoms with van der Waals surface area (Å²) < 4.78 is 29.6. The summed E-state index contributed by atoms with van der Waals surface area (Å²) in [4.78, 5) is 15.2. The molecule has 3 aromatic rings. The number of benzene rings is 2. The molecule has 156 valence electrons. The SMILES string of the molecule is O=C(CC(c1ccccc1)c1ccccc1)N(Cc1ccco1)[C@H]1CCS(=O)(=O)C1. The van der Waals surface area contributed by atoms with Crippen LogP contribution in [0.2, 0.25) is 0 Å². The third kappa shape index (κ3) is 4.82. The molecular formula is C24H25NO4S. The lowest BCUT2D eigenvalue weighted by Gasteiger charge is -2.29. The Bertz CT molecular complexity index is 1020. The molecule has 6 heteroatoms. The second-order valence-electron chi connectivity index (χ2n) is 7.74. The van der Waals surface area contributed by atoms with Gasteiger partial charge in [0.1, 0.15) is 5.76 Å². The molecule has 1 aliphatic rings. The summed E-state index contributed by atoms with van der Waals surface area (Å²) in [5, 5.41) is 0. The summed E-state index contributed by atoms with van der Waals surface area (Å²) in [7, 11) is -3.11. The molecule has 4 rings (SSSR count). The van der Waals surface area contributed by atoms with Gasteiger partial charge in [-0.25, -0.2) is 8.42 Å². The van der Waals surface area contributed by atoms with Crippen molar-refractivity contribution in [2.75, 3.05) is 11.5 Å². The molecule has 5 nitrogen and oxygen atoms in total. The number of nitrogens with zero attached hydrogens (tertiary/aromatic N) is 1. The molecule has 0 unspecified atom stereocenters. The van der Waals surface area contributed by atoms with Crippen LogP contribution >= 0.6 is 0 Å². The molecule has 0 saturated carbocycles. The van der Waals surface area contributed by atoms with Gasteiger partial charge in [-0.15, -0.1) is 0 Å². The van der Waals surface area contributed by atoms with Gasteiger partial charge in [-0.3, -0.25) is 4.79 Å². The number of furan rings is 1. The third-order valence-corrected chi connectivity index (χ3v) is 7.41. The number of amides is 1. The average Bonchev–Trinajstić information content (AvgIpc) is 3.40. The van der Waals surface area contributed by atoms with Crippen molar-refractivity contribution in [2.45, 2.75) is 31.3 Å². The smallest absolute Gasteiger partial charge is 0.224 e. The molecule has 0 N–H and O–H groups in total. The van der Waals surface area contributed by atoms with Crippen LogP contribution in [-0.2, 0) is 21.2 Å². The Kier molecular flexibility index (Phi) is 6.04. The van der Waals surface area contributed by atoms with Gasteiger partial charge in [0.15, 0.2) is 9.84 Å². The molecule has 0 aliphatic carbocycles. The van der Waals surface area contributed by atoms with Crippen LogP contribution in [0.25, 0.3) is 0 Å². The predicted molar refractivity (Wildman–Crippen MR) is 116 cm³/mol. The third-order valence-electron chi connectivity index (χ3n) is 5.66. The van der Waals surface area contributed by atoms with Crippen molar-refractivity contribution in [2.24, 2.45) is 0 Å². The minimum Gasteiger partial charge on any atom is -0.467 e. The lowest BCUT2D eigenvalue weighted by molar-refractivity contribution is -0.134. The fraction of sp³-hybridized carbons (Fsp3) is 0.292. The highest BCUT2D eigenvalue weighted by molar-refractivity contribution is 7.91. The summed E-state index contributed by atoms with van der Waals surface area (Å²) in [6, 6.07) is 23.2. The van der Waals surface area contributed by atoms with Gasteiger partial charge in [0.05, 0.1) is 24.3 Å². The van der Waals surface area contributed by atoms with Crippen molar-refractivity contribution in [1.82, 2.24) is 4.90 Å². The maximum Gasteiger partial charge on any atom is 0.224 e. The molecule has 1 aliphatic heterocycles. The summed E-state index contributed by atoms with van der Waals surface area (Å²) in [6.45, 7) is 0.280. The van der Waals surface area contributed by atoms with Gasteiger partial charge in [-0.05, 0) is 29.7 Å². The van der Waals surface area contributed by atoms with Gasteiger partial charge >= 0.3 is 0 Å². The Balaban J connectivity index is 1.62. The van der Waals surface area contributed by atoms with Gasteiger partial charge in [0, 0.05) is 18.4 Å². The van der Waals surface area contributed by atoms with Crippen molar-refractivity contribution in [3.63, 3.8) is 0 Å². The zero-order valence-electron chi connectivity index (χ0n) is 16.7. The molecule has 1 saturated heterocycles. The first-order chi connectivity index (χ1) is 14.5. The zero-order valence-corrected chi connectivity index (χ0v) is 17.5. The van der Waals surface area contributed by atoms with Gasteiger partial charge in [0.2, 0.25) is 5.91 Å². The number of rotatable bonds is 7. The molecule has 2 aromatic carbocycles. The fourth-order valence-corrected chi connectivity index (χ4v) is 5.83. The minimum absolute atomic E-state index is 0.0147. The van der Waals surface area contributed by atoms with Crippen LogP contribution in [0, 0.1) is 0 Å². The quantitative estimate of drug-likeness (QED) is 0.576. The first-order valence-electron chi connectivity index (χ1n) is 10.1. The van der Waals surface area contributed by atoms with Gasteiger partial charge < -0.3 is 9.32 Å².